The number of amides is 1. The molecule has 2 aromatic carbocycles. The Morgan fingerprint density at radius 3 is 2.41 bits per heavy atom. The van der Waals surface area contributed by atoms with Crippen LogP contribution in [0.4, 0.5) is 5.69 Å². The van der Waals surface area contributed by atoms with Gasteiger partial charge in [0.15, 0.2) is 0 Å². The van der Waals surface area contributed by atoms with Gasteiger partial charge in [0.25, 0.3) is 0 Å². The third-order valence-corrected chi connectivity index (χ3v) is 4.40. The Balaban J connectivity index is 1.66. The molecule has 5 nitrogen and oxygen atoms in total. The number of hydrogen-bond acceptors (Lipinski definition) is 3. The highest BCUT2D eigenvalue weighted by molar-refractivity contribution is 6.02. The molecule has 3 aromatic rings. The van der Waals surface area contributed by atoms with Gasteiger partial charge in [-0.1, -0.05) is 67.6 Å². The van der Waals surface area contributed by atoms with E-state index in [0.717, 1.165) is 35.2 Å². The molecule has 3 rings (SSSR count). The van der Waals surface area contributed by atoms with E-state index in [9.17, 15) is 4.79 Å². The number of para-hydroxylation sites is 1. The standard InChI is InChI=1S/C22H24N4O/c1-3-18-11-8-12-19(4-2)22(18)23-21(27)14-13-20-16-26(25-24-20)15-17-9-6-5-7-10-17/h5-14,16H,3-4,15H2,1-2H3,(H,23,27)/b14-13+. The molecule has 1 amide bonds. The molecular weight excluding hydrogens is 336 g/mol. The number of carbonyl (C=O) groups excluding carboxylic acids is 1. The maximum Gasteiger partial charge on any atom is 0.248 e. The smallest absolute Gasteiger partial charge is 0.248 e. The second kappa shape index (κ2) is 8.94. The molecule has 1 aromatic heterocycles. The number of aromatic nitrogens is 3. The van der Waals surface area contributed by atoms with E-state index >= 15 is 0 Å². The lowest BCUT2D eigenvalue weighted by molar-refractivity contribution is -0.111. The summed E-state index contributed by atoms with van der Waals surface area (Å²) in [5.41, 5.74) is 5.01. The van der Waals surface area contributed by atoms with E-state index in [1.807, 2.05) is 54.7 Å². The summed E-state index contributed by atoms with van der Waals surface area (Å²) < 4.78 is 1.76. The van der Waals surface area contributed by atoms with Gasteiger partial charge in [0, 0.05) is 11.8 Å². The van der Waals surface area contributed by atoms with Gasteiger partial charge in [-0.15, -0.1) is 5.10 Å². The lowest BCUT2D eigenvalue weighted by atomic mass is 10.0. The van der Waals surface area contributed by atoms with Gasteiger partial charge < -0.3 is 5.32 Å². The van der Waals surface area contributed by atoms with E-state index in [4.69, 9.17) is 0 Å². The van der Waals surface area contributed by atoms with Crippen molar-refractivity contribution in [3.63, 3.8) is 0 Å². The zero-order valence-corrected chi connectivity index (χ0v) is 15.7. The summed E-state index contributed by atoms with van der Waals surface area (Å²) in [7, 11) is 0. The first kappa shape index (κ1) is 18.6. The fourth-order valence-corrected chi connectivity index (χ4v) is 2.97. The van der Waals surface area contributed by atoms with Crippen LogP contribution < -0.4 is 5.32 Å². The molecule has 5 heteroatoms. The lowest BCUT2D eigenvalue weighted by Crippen LogP contribution is -2.11. The summed E-state index contributed by atoms with van der Waals surface area (Å²) in [6.45, 7) is 4.83. The topological polar surface area (TPSA) is 59.8 Å². The van der Waals surface area contributed by atoms with E-state index in [-0.39, 0.29) is 5.91 Å². The maximum absolute atomic E-state index is 12.4. The fourth-order valence-electron chi connectivity index (χ4n) is 2.97. The van der Waals surface area contributed by atoms with Gasteiger partial charge in [-0.3, -0.25) is 4.79 Å². The second-order valence-electron chi connectivity index (χ2n) is 6.31. The van der Waals surface area contributed by atoms with Crippen molar-refractivity contribution in [3.05, 3.63) is 83.2 Å². The van der Waals surface area contributed by atoms with Gasteiger partial charge >= 0.3 is 0 Å². The number of nitrogens with zero attached hydrogens (tertiary/aromatic N) is 3. The van der Waals surface area contributed by atoms with Crippen LogP contribution >= 0.6 is 0 Å². The second-order valence-corrected chi connectivity index (χ2v) is 6.31. The van der Waals surface area contributed by atoms with Gasteiger partial charge in [0.1, 0.15) is 5.69 Å². The highest BCUT2D eigenvalue weighted by Gasteiger charge is 2.08. The maximum atomic E-state index is 12.4. The van der Waals surface area contributed by atoms with Crippen molar-refractivity contribution < 1.29 is 4.79 Å². The van der Waals surface area contributed by atoms with Gasteiger partial charge in [-0.05, 0) is 35.6 Å². The average Bonchev–Trinajstić information content (AvgIpc) is 3.14. The van der Waals surface area contributed by atoms with Crippen LogP contribution in [-0.2, 0) is 24.2 Å². The molecule has 1 N–H and O–H groups in total. The van der Waals surface area contributed by atoms with Crippen molar-refractivity contribution in [3.8, 4) is 0 Å². The van der Waals surface area contributed by atoms with E-state index in [2.05, 4.69) is 29.5 Å². The summed E-state index contributed by atoms with van der Waals surface area (Å²) in [5, 5.41) is 11.2. The normalized spacial score (nSPS) is 11.0. The monoisotopic (exact) mass is 360 g/mol. The molecule has 0 aliphatic heterocycles. The molecule has 0 aliphatic carbocycles. The van der Waals surface area contributed by atoms with E-state index < -0.39 is 0 Å². The Labute approximate surface area is 159 Å². The fraction of sp³-hybridized carbons (Fsp3) is 0.227. The SMILES string of the molecule is CCc1cccc(CC)c1NC(=O)/C=C/c1cn(Cc2ccccc2)nn1. The first-order valence-electron chi connectivity index (χ1n) is 9.23. The number of aryl methyl sites for hydroxylation is 2. The molecule has 0 bridgehead atoms. The van der Waals surface area contributed by atoms with Crippen LogP contribution in [-0.4, -0.2) is 20.9 Å². The minimum Gasteiger partial charge on any atom is -0.322 e. The largest absolute Gasteiger partial charge is 0.322 e. The molecule has 0 fully saturated rings. The number of benzene rings is 2. The number of anilines is 1. The Bertz CT molecular complexity index is 906. The molecule has 27 heavy (non-hydrogen) atoms. The average molecular weight is 360 g/mol. The van der Waals surface area contributed by atoms with Crippen LogP contribution in [0, 0.1) is 0 Å². The van der Waals surface area contributed by atoms with Crippen molar-refractivity contribution in [1.29, 1.82) is 0 Å². The molecular formula is C22H24N4O. The van der Waals surface area contributed by atoms with E-state index in [1.54, 1.807) is 10.8 Å². The predicted octanol–water partition coefficient (Wildman–Crippen LogP) is 4.10. The number of rotatable bonds is 7. The molecule has 0 radical (unpaired) electrons. The summed E-state index contributed by atoms with van der Waals surface area (Å²) in [5.74, 6) is -0.164. The quantitative estimate of drug-likeness (QED) is 0.645. The molecule has 0 spiro atoms. The highest BCUT2D eigenvalue weighted by atomic mass is 16.1. The molecule has 1 heterocycles. The third kappa shape index (κ3) is 4.91. The predicted molar refractivity (Wildman–Crippen MR) is 108 cm³/mol. The minimum atomic E-state index is -0.164. The molecule has 0 aliphatic rings. The van der Waals surface area contributed by atoms with Crippen LogP contribution in [0.1, 0.15) is 36.2 Å². The van der Waals surface area contributed by atoms with Crippen LogP contribution in [0.2, 0.25) is 0 Å². The van der Waals surface area contributed by atoms with Gasteiger partial charge in [-0.2, -0.15) is 0 Å². The van der Waals surface area contributed by atoms with Crippen LogP contribution in [0.3, 0.4) is 0 Å². The van der Waals surface area contributed by atoms with Crippen molar-refractivity contribution >= 4 is 17.7 Å². The molecule has 0 unspecified atom stereocenters. The Kier molecular flexibility index (Phi) is 6.15. The van der Waals surface area contributed by atoms with Crippen molar-refractivity contribution in [2.24, 2.45) is 0 Å². The van der Waals surface area contributed by atoms with Crippen molar-refractivity contribution in [2.75, 3.05) is 5.32 Å². The Morgan fingerprint density at radius 1 is 1.04 bits per heavy atom. The van der Waals surface area contributed by atoms with E-state index in [1.165, 1.54) is 6.08 Å². The van der Waals surface area contributed by atoms with Gasteiger partial charge in [-0.25, -0.2) is 4.68 Å². The number of nitrogens with one attached hydrogen (secondary N) is 1. The van der Waals surface area contributed by atoms with Gasteiger partial charge in [0.05, 0.1) is 12.7 Å². The van der Waals surface area contributed by atoms with E-state index in [0.29, 0.717) is 12.2 Å². The van der Waals surface area contributed by atoms with Crippen LogP contribution in [0.15, 0.2) is 60.8 Å². The number of carbonyl (C=O) groups is 1. The summed E-state index contributed by atoms with van der Waals surface area (Å²) >= 11 is 0. The lowest BCUT2D eigenvalue weighted by Gasteiger charge is -2.13. The minimum absolute atomic E-state index is 0.164. The highest BCUT2D eigenvalue weighted by Crippen LogP contribution is 2.22. The summed E-state index contributed by atoms with van der Waals surface area (Å²) in [4.78, 5) is 12.4. The summed E-state index contributed by atoms with van der Waals surface area (Å²) in [6.07, 6.45) is 6.77. The Hall–Kier alpha value is -3.21. The molecule has 0 saturated carbocycles. The Morgan fingerprint density at radius 2 is 1.74 bits per heavy atom. The molecule has 138 valence electrons. The number of hydrogen-bond donors (Lipinski definition) is 1. The van der Waals surface area contributed by atoms with Crippen molar-refractivity contribution in [1.82, 2.24) is 15.0 Å². The van der Waals surface area contributed by atoms with Crippen LogP contribution in [0.25, 0.3) is 6.08 Å². The zero-order chi connectivity index (χ0) is 19.1. The van der Waals surface area contributed by atoms with Crippen LogP contribution in [0.5, 0.6) is 0 Å². The molecule has 0 atom stereocenters. The van der Waals surface area contributed by atoms with Crippen molar-refractivity contribution in [2.45, 2.75) is 33.2 Å². The third-order valence-electron chi connectivity index (χ3n) is 4.40. The molecule has 0 saturated heterocycles. The first-order chi connectivity index (χ1) is 13.2. The summed E-state index contributed by atoms with van der Waals surface area (Å²) in [6, 6.07) is 16.2. The zero-order valence-electron chi connectivity index (χ0n) is 15.7. The van der Waals surface area contributed by atoms with Gasteiger partial charge in [0.2, 0.25) is 5.91 Å². The first-order valence-corrected chi connectivity index (χ1v) is 9.23.